The Morgan fingerprint density at radius 1 is 1.16 bits per heavy atom. The Balaban J connectivity index is 2.18. The normalized spacial score (nSPS) is 11.6. The van der Waals surface area contributed by atoms with Gasteiger partial charge in [-0.3, -0.25) is 0 Å². The molecule has 2 rings (SSSR count). The monoisotopic (exact) mass is 258 g/mol. The van der Waals surface area contributed by atoms with Crippen LogP contribution in [0.3, 0.4) is 0 Å². The Bertz CT molecular complexity index is 511. The summed E-state index contributed by atoms with van der Waals surface area (Å²) in [4.78, 5) is 0. The molecule has 0 bridgehead atoms. The molecule has 0 unspecified atom stereocenters. The summed E-state index contributed by atoms with van der Waals surface area (Å²) in [6, 6.07) is 8.73. The molecule has 2 aromatic rings. The molecule has 1 aromatic heterocycles. The van der Waals surface area contributed by atoms with Crippen LogP contribution in [0.1, 0.15) is 38.7 Å². The first-order valence-corrected chi connectivity index (χ1v) is 7.49. The van der Waals surface area contributed by atoms with E-state index >= 15 is 0 Å². The molecule has 1 heterocycles. The third-order valence-electron chi connectivity index (χ3n) is 3.70. The van der Waals surface area contributed by atoms with Gasteiger partial charge in [0.1, 0.15) is 0 Å². The maximum atomic E-state index is 5.63. The highest BCUT2D eigenvalue weighted by Crippen LogP contribution is 2.23. The smallest absolute Gasteiger partial charge is 0.0483 e. The van der Waals surface area contributed by atoms with Gasteiger partial charge in [-0.1, -0.05) is 32.0 Å². The SMILES string of the molecule is CC(C)CCCn1cc(CCCN)c2ccccc21. The maximum absolute atomic E-state index is 5.63. The molecule has 0 atom stereocenters. The fourth-order valence-corrected chi connectivity index (χ4v) is 2.67. The third kappa shape index (κ3) is 3.60. The Hall–Kier alpha value is -1.28. The molecule has 0 amide bonds. The first kappa shape index (κ1) is 14.1. The van der Waals surface area contributed by atoms with Crippen LogP contribution in [0.4, 0.5) is 0 Å². The number of nitrogens with two attached hydrogens (primary N) is 1. The number of hydrogen-bond acceptors (Lipinski definition) is 1. The third-order valence-corrected chi connectivity index (χ3v) is 3.70. The standard InChI is InChI=1S/C17H26N2/c1-14(2)7-6-12-19-13-15(8-5-11-18)16-9-3-4-10-17(16)19/h3-4,9-10,13-14H,5-8,11-12,18H2,1-2H3. The van der Waals surface area contributed by atoms with Crippen molar-refractivity contribution in [1.82, 2.24) is 4.57 Å². The van der Waals surface area contributed by atoms with Crippen LogP contribution in [-0.4, -0.2) is 11.1 Å². The summed E-state index contributed by atoms with van der Waals surface area (Å²) < 4.78 is 2.42. The molecule has 0 aliphatic heterocycles. The van der Waals surface area contributed by atoms with Crippen molar-refractivity contribution < 1.29 is 0 Å². The summed E-state index contributed by atoms with van der Waals surface area (Å²) in [6.45, 7) is 6.48. The van der Waals surface area contributed by atoms with Crippen LogP contribution in [0.5, 0.6) is 0 Å². The predicted octanol–water partition coefficient (Wildman–Crippen LogP) is 3.97. The number of aromatic nitrogens is 1. The number of aryl methyl sites for hydroxylation is 2. The van der Waals surface area contributed by atoms with Crippen LogP contribution in [0.15, 0.2) is 30.5 Å². The Morgan fingerprint density at radius 3 is 2.68 bits per heavy atom. The average molecular weight is 258 g/mol. The summed E-state index contributed by atoms with van der Waals surface area (Å²) in [6.07, 6.45) is 7.05. The minimum atomic E-state index is 0.771. The second-order valence-electron chi connectivity index (χ2n) is 5.79. The van der Waals surface area contributed by atoms with Gasteiger partial charge in [-0.15, -0.1) is 0 Å². The number of nitrogens with zero attached hydrogens (tertiary/aromatic N) is 1. The molecule has 2 heteroatoms. The van der Waals surface area contributed by atoms with Gasteiger partial charge in [-0.2, -0.15) is 0 Å². The number of rotatable bonds is 7. The van der Waals surface area contributed by atoms with Gasteiger partial charge in [-0.05, 0) is 49.8 Å². The largest absolute Gasteiger partial charge is 0.347 e. The topological polar surface area (TPSA) is 30.9 Å². The van der Waals surface area contributed by atoms with Gasteiger partial charge < -0.3 is 10.3 Å². The van der Waals surface area contributed by atoms with Gasteiger partial charge in [-0.25, -0.2) is 0 Å². The number of benzene rings is 1. The summed E-state index contributed by atoms with van der Waals surface area (Å²) >= 11 is 0. The summed E-state index contributed by atoms with van der Waals surface area (Å²) in [5.74, 6) is 0.790. The molecule has 0 radical (unpaired) electrons. The molecule has 19 heavy (non-hydrogen) atoms. The van der Waals surface area contributed by atoms with E-state index in [9.17, 15) is 0 Å². The lowest BCUT2D eigenvalue weighted by atomic mass is 10.1. The van der Waals surface area contributed by atoms with E-state index in [1.807, 2.05) is 0 Å². The van der Waals surface area contributed by atoms with Gasteiger partial charge in [0, 0.05) is 23.6 Å². The van der Waals surface area contributed by atoms with Crippen molar-refractivity contribution in [2.45, 2.75) is 46.1 Å². The first-order valence-electron chi connectivity index (χ1n) is 7.49. The number of fused-ring (bicyclic) bond motifs is 1. The van der Waals surface area contributed by atoms with Crippen molar-refractivity contribution in [3.63, 3.8) is 0 Å². The van der Waals surface area contributed by atoms with E-state index in [1.165, 1.54) is 29.3 Å². The molecule has 2 N–H and O–H groups in total. The van der Waals surface area contributed by atoms with Crippen LogP contribution in [0.25, 0.3) is 10.9 Å². The van der Waals surface area contributed by atoms with Gasteiger partial charge in [0.25, 0.3) is 0 Å². The lowest BCUT2D eigenvalue weighted by Gasteiger charge is -2.07. The number of para-hydroxylation sites is 1. The molecule has 0 saturated heterocycles. The van der Waals surface area contributed by atoms with E-state index < -0.39 is 0 Å². The van der Waals surface area contributed by atoms with Crippen LogP contribution in [-0.2, 0) is 13.0 Å². The lowest BCUT2D eigenvalue weighted by molar-refractivity contribution is 0.517. The molecule has 0 saturated carbocycles. The van der Waals surface area contributed by atoms with E-state index in [0.29, 0.717) is 0 Å². The van der Waals surface area contributed by atoms with Crippen molar-refractivity contribution in [2.75, 3.05) is 6.54 Å². The minimum absolute atomic E-state index is 0.771. The van der Waals surface area contributed by atoms with Crippen molar-refractivity contribution in [3.8, 4) is 0 Å². The van der Waals surface area contributed by atoms with Gasteiger partial charge in [0.2, 0.25) is 0 Å². The highest BCUT2D eigenvalue weighted by molar-refractivity contribution is 5.83. The van der Waals surface area contributed by atoms with E-state index in [4.69, 9.17) is 5.73 Å². The molecule has 104 valence electrons. The zero-order chi connectivity index (χ0) is 13.7. The van der Waals surface area contributed by atoms with E-state index in [2.05, 4.69) is 48.9 Å². The van der Waals surface area contributed by atoms with Crippen molar-refractivity contribution in [1.29, 1.82) is 0 Å². The average Bonchev–Trinajstić information content (AvgIpc) is 2.75. The molecule has 0 spiro atoms. The molecular formula is C17H26N2. The molecule has 0 aliphatic rings. The van der Waals surface area contributed by atoms with E-state index in [0.717, 1.165) is 31.8 Å². The van der Waals surface area contributed by atoms with E-state index in [1.54, 1.807) is 0 Å². The highest BCUT2D eigenvalue weighted by Gasteiger charge is 2.07. The molecule has 2 nitrogen and oxygen atoms in total. The fraction of sp³-hybridized carbons (Fsp3) is 0.529. The predicted molar refractivity (Wildman–Crippen MR) is 83.4 cm³/mol. The van der Waals surface area contributed by atoms with Gasteiger partial charge >= 0.3 is 0 Å². The minimum Gasteiger partial charge on any atom is -0.347 e. The first-order chi connectivity index (χ1) is 9.22. The quantitative estimate of drug-likeness (QED) is 0.800. The zero-order valence-electron chi connectivity index (χ0n) is 12.2. The van der Waals surface area contributed by atoms with Crippen LogP contribution in [0.2, 0.25) is 0 Å². The fourth-order valence-electron chi connectivity index (χ4n) is 2.67. The zero-order valence-corrected chi connectivity index (χ0v) is 12.2. The second kappa shape index (κ2) is 6.76. The summed E-state index contributed by atoms with van der Waals surface area (Å²) in [5.41, 5.74) is 8.46. The van der Waals surface area contributed by atoms with E-state index in [-0.39, 0.29) is 0 Å². The maximum Gasteiger partial charge on any atom is 0.0483 e. The molecule has 1 aromatic carbocycles. The number of hydrogen-bond donors (Lipinski definition) is 1. The molecule has 0 fully saturated rings. The van der Waals surface area contributed by atoms with Crippen molar-refractivity contribution in [3.05, 3.63) is 36.0 Å². The lowest BCUT2D eigenvalue weighted by Crippen LogP contribution is -2.00. The Labute approximate surface area is 116 Å². The summed E-state index contributed by atoms with van der Waals surface area (Å²) in [5, 5.41) is 1.40. The van der Waals surface area contributed by atoms with Crippen LogP contribution >= 0.6 is 0 Å². The van der Waals surface area contributed by atoms with Crippen molar-refractivity contribution >= 4 is 10.9 Å². The van der Waals surface area contributed by atoms with Crippen LogP contribution in [0, 0.1) is 5.92 Å². The highest BCUT2D eigenvalue weighted by atomic mass is 15.0. The molecule has 0 aliphatic carbocycles. The van der Waals surface area contributed by atoms with Gasteiger partial charge in [0.05, 0.1) is 0 Å². The summed E-state index contributed by atoms with van der Waals surface area (Å²) in [7, 11) is 0. The molecular weight excluding hydrogens is 232 g/mol. The van der Waals surface area contributed by atoms with Crippen molar-refractivity contribution in [2.24, 2.45) is 11.7 Å². The van der Waals surface area contributed by atoms with Gasteiger partial charge in [0.15, 0.2) is 0 Å². The van der Waals surface area contributed by atoms with Crippen LogP contribution < -0.4 is 5.73 Å². The second-order valence-corrected chi connectivity index (χ2v) is 5.79. The Morgan fingerprint density at radius 2 is 1.95 bits per heavy atom. The Kier molecular flexibility index (Phi) is 5.03.